The molecule has 0 radical (unpaired) electrons. The van der Waals surface area contributed by atoms with Crippen LogP contribution in [0.25, 0.3) is 0 Å². The van der Waals surface area contributed by atoms with E-state index in [1.54, 1.807) is 6.07 Å². The first-order chi connectivity index (χ1) is 8.13. The van der Waals surface area contributed by atoms with Crippen molar-refractivity contribution in [1.82, 2.24) is 5.32 Å². The van der Waals surface area contributed by atoms with Crippen molar-refractivity contribution in [3.8, 4) is 0 Å². The average molecular weight is 320 g/mol. The molecule has 0 saturated carbocycles. The molecule has 0 atom stereocenters. The maximum absolute atomic E-state index is 11.4. The molecule has 1 aromatic carbocycles. The Morgan fingerprint density at radius 3 is 2.88 bits per heavy atom. The Labute approximate surface area is 115 Å². The van der Waals surface area contributed by atoms with Gasteiger partial charge in [-0.25, -0.2) is 0 Å². The summed E-state index contributed by atoms with van der Waals surface area (Å²) in [5.74, 6) is -0.0163. The van der Waals surface area contributed by atoms with Crippen LogP contribution in [0.1, 0.15) is 19.8 Å². The van der Waals surface area contributed by atoms with E-state index in [9.17, 15) is 4.79 Å². The fraction of sp³-hybridized carbons (Fsp3) is 0.417. The first-order valence-electron chi connectivity index (χ1n) is 5.59. The lowest BCUT2D eigenvalue weighted by Crippen LogP contribution is -2.30. The summed E-state index contributed by atoms with van der Waals surface area (Å²) in [5.41, 5.74) is 0.764. The Bertz CT molecular complexity index is 385. The summed E-state index contributed by atoms with van der Waals surface area (Å²) >= 11 is 9.34. The second-order valence-corrected chi connectivity index (χ2v) is 5.00. The van der Waals surface area contributed by atoms with E-state index in [1.165, 1.54) is 0 Å². The predicted molar refractivity (Wildman–Crippen MR) is 75.6 cm³/mol. The van der Waals surface area contributed by atoms with Crippen LogP contribution in [0.15, 0.2) is 22.7 Å². The fourth-order valence-corrected chi connectivity index (χ4v) is 2.02. The summed E-state index contributed by atoms with van der Waals surface area (Å²) in [6.07, 6.45) is 2.08. The first kappa shape index (κ1) is 14.3. The Balaban J connectivity index is 2.37. The van der Waals surface area contributed by atoms with Crippen LogP contribution >= 0.6 is 27.5 Å². The number of carbonyl (C=O) groups is 1. The molecule has 1 aromatic rings. The van der Waals surface area contributed by atoms with Gasteiger partial charge in [-0.3, -0.25) is 4.79 Å². The van der Waals surface area contributed by atoms with Gasteiger partial charge in [-0.05, 0) is 24.6 Å². The molecule has 0 fully saturated rings. The Morgan fingerprint density at radius 1 is 1.47 bits per heavy atom. The van der Waals surface area contributed by atoms with Gasteiger partial charge in [0.2, 0.25) is 5.91 Å². The number of halogens is 2. The van der Waals surface area contributed by atoms with Crippen molar-refractivity contribution < 1.29 is 4.79 Å². The van der Waals surface area contributed by atoms with Crippen LogP contribution in [0.3, 0.4) is 0 Å². The first-order valence-corrected chi connectivity index (χ1v) is 6.76. The highest BCUT2D eigenvalue weighted by molar-refractivity contribution is 9.10. The van der Waals surface area contributed by atoms with Crippen LogP contribution in [0.4, 0.5) is 5.69 Å². The number of rotatable bonds is 6. The van der Waals surface area contributed by atoms with Gasteiger partial charge in [-0.2, -0.15) is 0 Å². The van der Waals surface area contributed by atoms with Crippen LogP contribution < -0.4 is 10.6 Å². The van der Waals surface area contributed by atoms with Gasteiger partial charge < -0.3 is 10.6 Å². The molecule has 17 heavy (non-hydrogen) atoms. The van der Waals surface area contributed by atoms with Crippen molar-refractivity contribution in [2.75, 3.05) is 18.4 Å². The van der Waals surface area contributed by atoms with Gasteiger partial charge in [-0.1, -0.05) is 40.9 Å². The highest BCUT2D eigenvalue weighted by atomic mass is 79.9. The Kier molecular flexibility index (Phi) is 6.37. The topological polar surface area (TPSA) is 41.1 Å². The van der Waals surface area contributed by atoms with Crippen molar-refractivity contribution in [3.63, 3.8) is 0 Å². The number of unbranched alkanes of at least 4 members (excludes halogenated alkanes) is 1. The molecule has 94 valence electrons. The second kappa shape index (κ2) is 7.56. The van der Waals surface area contributed by atoms with E-state index in [-0.39, 0.29) is 12.5 Å². The van der Waals surface area contributed by atoms with Gasteiger partial charge in [0, 0.05) is 11.0 Å². The minimum Gasteiger partial charge on any atom is -0.375 e. The number of benzene rings is 1. The normalized spacial score (nSPS) is 10.1. The van der Waals surface area contributed by atoms with E-state index in [0.29, 0.717) is 5.02 Å². The SMILES string of the molecule is CCCCNC(=O)CNc1ccc(Br)cc1Cl. The predicted octanol–water partition coefficient (Wildman–Crippen LogP) is 3.43. The van der Waals surface area contributed by atoms with Crippen LogP contribution in [0.5, 0.6) is 0 Å². The summed E-state index contributed by atoms with van der Waals surface area (Å²) in [4.78, 5) is 11.4. The van der Waals surface area contributed by atoms with Crippen LogP contribution in [-0.4, -0.2) is 19.0 Å². The summed E-state index contributed by atoms with van der Waals surface area (Å²) in [6.45, 7) is 3.06. The quantitative estimate of drug-likeness (QED) is 0.789. The van der Waals surface area contributed by atoms with Crippen LogP contribution in [-0.2, 0) is 4.79 Å². The van der Waals surface area contributed by atoms with E-state index >= 15 is 0 Å². The summed E-state index contributed by atoms with van der Waals surface area (Å²) < 4.78 is 0.917. The highest BCUT2D eigenvalue weighted by Gasteiger charge is 2.03. The van der Waals surface area contributed by atoms with Crippen LogP contribution in [0.2, 0.25) is 5.02 Å². The zero-order valence-electron chi connectivity index (χ0n) is 9.72. The van der Waals surface area contributed by atoms with Crippen molar-refractivity contribution in [2.24, 2.45) is 0 Å². The molecule has 5 heteroatoms. The molecule has 0 aliphatic rings. The summed E-state index contributed by atoms with van der Waals surface area (Å²) in [5, 5.41) is 6.43. The molecule has 1 amide bonds. The number of hydrogen-bond acceptors (Lipinski definition) is 2. The maximum atomic E-state index is 11.4. The number of carbonyl (C=O) groups excluding carboxylic acids is 1. The average Bonchev–Trinajstić information content (AvgIpc) is 2.28. The van der Waals surface area contributed by atoms with E-state index in [2.05, 4.69) is 33.5 Å². The molecule has 3 nitrogen and oxygen atoms in total. The third-order valence-electron chi connectivity index (χ3n) is 2.22. The summed E-state index contributed by atoms with van der Waals surface area (Å²) in [7, 11) is 0. The zero-order chi connectivity index (χ0) is 12.7. The lowest BCUT2D eigenvalue weighted by atomic mass is 10.3. The minimum absolute atomic E-state index is 0.0163. The molecular formula is C12H16BrClN2O. The second-order valence-electron chi connectivity index (χ2n) is 3.68. The zero-order valence-corrected chi connectivity index (χ0v) is 12.1. The molecule has 0 aromatic heterocycles. The molecule has 0 aliphatic carbocycles. The van der Waals surface area contributed by atoms with Gasteiger partial charge in [0.25, 0.3) is 0 Å². The van der Waals surface area contributed by atoms with Crippen molar-refractivity contribution in [3.05, 3.63) is 27.7 Å². The molecule has 1 rings (SSSR count). The van der Waals surface area contributed by atoms with Crippen molar-refractivity contribution >= 4 is 39.1 Å². The van der Waals surface area contributed by atoms with Gasteiger partial charge in [-0.15, -0.1) is 0 Å². The lowest BCUT2D eigenvalue weighted by molar-refractivity contribution is -0.119. The maximum Gasteiger partial charge on any atom is 0.239 e. The molecule has 2 N–H and O–H groups in total. The van der Waals surface area contributed by atoms with Gasteiger partial charge in [0.05, 0.1) is 17.3 Å². The molecular weight excluding hydrogens is 304 g/mol. The number of nitrogens with one attached hydrogen (secondary N) is 2. The highest BCUT2D eigenvalue weighted by Crippen LogP contribution is 2.25. The molecule has 0 saturated heterocycles. The number of hydrogen-bond donors (Lipinski definition) is 2. The minimum atomic E-state index is -0.0163. The van der Waals surface area contributed by atoms with Gasteiger partial charge in [0.1, 0.15) is 0 Å². The molecule has 0 unspecified atom stereocenters. The smallest absolute Gasteiger partial charge is 0.239 e. The fourth-order valence-electron chi connectivity index (χ4n) is 1.28. The molecule has 0 spiro atoms. The third-order valence-corrected chi connectivity index (χ3v) is 3.03. The molecule has 0 heterocycles. The van der Waals surface area contributed by atoms with E-state index < -0.39 is 0 Å². The van der Waals surface area contributed by atoms with E-state index in [0.717, 1.165) is 29.5 Å². The van der Waals surface area contributed by atoms with Crippen molar-refractivity contribution in [1.29, 1.82) is 0 Å². The largest absolute Gasteiger partial charge is 0.375 e. The monoisotopic (exact) mass is 318 g/mol. The third kappa shape index (κ3) is 5.41. The van der Waals surface area contributed by atoms with Gasteiger partial charge >= 0.3 is 0 Å². The molecule has 0 bridgehead atoms. The summed E-state index contributed by atoms with van der Waals surface area (Å²) in [6, 6.07) is 5.51. The standard InChI is InChI=1S/C12H16BrClN2O/c1-2-3-6-15-12(17)8-16-11-5-4-9(13)7-10(11)14/h4-5,7,16H,2-3,6,8H2,1H3,(H,15,17). The Hall–Kier alpha value is -0.740. The lowest BCUT2D eigenvalue weighted by Gasteiger charge is -2.09. The number of amides is 1. The Morgan fingerprint density at radius 2 is 2.24 bits per heavy atom. The van der Waals surface area contributed by atoms with E-state index in [4.69, 9.17) is 11.6 Å². The molecule has 0 aliphatic heterocycles. The van der Waals surface area contributed by atoms with E-state index in [1.807, 2.05) is 12.1 Å². The van der Waals surface area contributed by atoms with Gasteiger partial charge in [0.15, 0.2) is 0 Å². The van der Waals surface area contributed by atoms with Crippen LogP contribution in [0, 0.1) is 0 Å². The van der Waals surface area contributed by atoms with Crippen molar-refractivity contribution in [2.45, 2.75) is 19.8 Å². The number of anilines is 1.